The molecule has 1 atom stereocenters. The molecule has 134 valence electrons. The molecule has 0 aromatic heterocycles. The molecule has 4 heteroatoms. The summed E-state index contributed by atoms with van der Waals surface area (Å²) in [6.45, 7) is 7.60. The molecule has 2 rings (SSSR count). The second-order valence-electron chi connectivity index (χ2n) is 7.30. The van der Waals surface area contributed by atoms with E-state index in [0.29, 0.717) is 18.4 Å². The molecule has 0 radical (unpaired) electrons. The van der Waals surface area contributed by atoms with Gasteiger partial charge in [-0.2, -0.15) is 11.8 Å². The third-order valence-electron chi connectivity index (χ3n) is 4.48. The largest absolute Gasteiger partial charge is 0.352 e. The minimum atomic E-state index is 0.203. The van der Waals surface area contributed by atoms with Gasteiger partial charge in [0, 0.05) is 31.3 Å². The Morgan fingerprint density at radius 3 is 2.67 bits per heavy atom. The minimum absolute atomic E-state index is 0.203. The Labute approximate surface area is 151 Å². The fourth-order valence-electron chi connectivity index (χ4n) is 3.32. The first-order valence-corrected chi connectivity index (χ1v) is 10.5. The molecule has 1 unspecified atom stereocenters. The zero-order valence-corrected chi connectivity index (χ0v) is 16.2. The Morgan fingerprint density at radius 2 is 2.00 bits per heavy atom. The predicted octanol–water partition coefficient (Wildman–Crippen LogP) is 3.72. The smallest absolute Gasteiger partial charge is 0.221 e. The van der Waals surface area contributed by atoms with Crippen molar-refractivity contribution in [2.45, 2.75) is 52.1 Å². The number of piperidine rings is 1. The van der Waals surface area contributed by atoms with E-state index in [1.54, 1.807) is 11.8 Å². The topological polar surface area (TPSA) is 32.3 Å². The molecule has 0 saturated carbocycles. The first-order valence-electron chi connectivity index (χ1n) is 9.15. The number of amides is 1. The Morgan fingerprint density at radius 1 is 1.29 bits per heavy atom. The summed E-state index contributed by atoms with van der Waals surface area (Å²) >= 11 is 1.73. The van der Waals surface area contributed by atoms with Crippen LogP contribution < -0.4 is 5.32 Å². The van der Waals surface area contributed by atoms with E-state index in [1.807, 2.05) is 6.26 Å². The molecule has 24 heavy (non-hydrogen) atoms. The molecular weight excluding hydrogens is 316 g/mol. The fourth-order valence-corrected chi connectivity index (χ4v) is 3.71. The number of carbonyl (C=O) groups is 1. The average Bonchev–Trinajstić information content (AvgIpc) is 2.55. The molecule has 0 spiro atoms. The van der Waals surface area contributed by atoms with E-state index >= 15 is 0 Å². The zero-order valence-electron chi connectivity index (χ0n) is 15.4. The van der Waals surface area contributed by atoms with Gasteiger partial charge in [0.15, 0.2) is 0 Å². The van der Waals surface area contributed by atoms with Crippen LogP contribution in [-0.2, 0) is 17.8 Å². The molecule has 1 aromatic carbocycles. The van der Waals surface area contributed by atoms with Gasteiger partial charge in [-0.15, -0.1) is 0 Å². The van der Waals surface area contributed by atoms with Crippen LogP contribution in [0.15, 0.2) is 24.3 Å². The quantitative estimate of drug-likeness (QED) is 0.777. The van der Waals surface area contributed by atoms with Crippen molar-refractivity contribution in [1.29, 1.82) is 0 Å². The highest BCUT2D eigenvalue weighted by Crippen LogP contribution is 2.16. The second kappa shape index (κ2) is 10.1. The van der Waals surface area contributed by atoms with Crippen LogP contribution in [0.2, 0.25) is 0 Å². The van der Waals surface area contributed by atoms with Gasteiger partial charge >= 0.3 is 0 Å². The van der Waals surface area contributed by atoms with Gasteiger partial charge in [0.2, 0.25) is 5.91 Å². The van der Waals surface area contributed by atoms with Crippen LogP contribution >= 0.6 is 11.8 Å². The number of carbonyl (C=O) groups excluding carboxylic acids is 1. The van der Waals surface area contributed by atoms with E-state index in [1.165, 1.54) is 17.5 Å². The van der Waals surface area contributed by atoms with Gasteiger partial charge in [-0.05, 0) is 49.1 Å². The Hall–Kier alpha value is -1.00. The lowest BCUT2D eigenvalue weighted by molar-refractivity contribution is -0.121. The van der Waals surface area contributed by atoms with E-state index in [0.717, 1.165) is 38.2 Å². The normalized spacial score (nSPS) is 18.8. The van der Waals surface area contributed by atoms with E-state index in [4.69, 9.17) is 0 Å². The maximum Gasteiger partial charge on any atom is 0.221 e. The van der Waals surface area contributed by atoms with Crippen LogP contribution in [0.1, 0.15) is 44.2 Å². The number of hydrogen-bond donors (Lipinski definition) is 1. The van der Waals surface area contributed by atoms with Crippen LogP contribution in [-0.4, -0.2) is 41.9 Å². The van der Waals surface area contributed by atoms with Crippen molar-refractivity contribution in [3.05, 3.63) is 35.4 Å². The second-order valence-corrected chi connectivity index (χ2v) is 8.28. The average molecular weight is 349 g/mol. The van der Waals surface area contributed by atoms with Crippen molar-refractivity contribution in [2.75, 3.05) is 25.1 Å². The van der Waals surface area contributed by atoms with Gasteiger partial charge in [0.1, 0.15) is 0 Å². The lowest BCUT2D eigenvalue weighted by Gasteiger charge is -2.33. The number of thioether (sulfide) groups is 1. The molecular formula is C20H32N2OS. The summed E-state index contributed by atoms with van der Waals surface area (Å²) in [7, 11) is 0. The number of benzene rings is 1. The van der Waals surface area contributed by atoms with Crippen LogP contribution in [0.3, 0.4) is 0 Å². The zero-order chi connectivity index (χ0) is 17.4. The molecule has 1 aliphatic rings. The van der Waals surface area contributed by atoms with Crippen LogP contribution in [0.25, 0.3) is 0 Å². The summed E-state index contributed by atoms with van der Waals surface area (Å²) in [4.78, 5) is 14.4. The summed E-state index contributed by atoms with van der Waals surface area (Å²) in [6.07, 6.45) is 6.10. The number of nitrogens with one attached hydrogen (secondary N) is 1. The monoisotopic (exact) mass is 348 g/mol. The van der Waals surface area contributed by atoms with Crippen molar-refractivity contribution in [1.82, 2.24) is 10.2 Å². The summed E-state index contributed by atoms with van der Waals surface area (Å²) < 4.78 is 0. The summed E-state index contributed by atoms with van der Waals surface area (Å²) in [5, 5.41) is 3.21. The van der Waals surface area contributed by atoms with Crippen LogP contribution in [0.5, 0.6) is 0 Å². The first-order chi connectivity index (χ1) is 11.6. The van der Waals surface area contributed by atoms with E-state index in [-0.39, 0.29) is 5.91 Å². The highest BCUT2D eigenvalue weighted by Gasteiger charge is 2.21. The van der Waals surface area contributed by atoms with E-state index in [9.17, 15) is 4.79 Å². The molecule has 1 N–H and O–H groups in total. The van der Waals surface area contributed by atoms with E-state index < -0.39 is 0 Å². The highest BCUT2D eigenvalue weighted by molar-refractivity contribution is 7.98. The molecule has 1 amide bonds. The van der Waals surface area contributed by atoms with Gasteiger partial charge in [-0.1, -0.05) is 38.1 Å². The fraction of sp³-hybridized carbons (Fsp3) is 0.650. The molecule has 1 heterocycles. The Balaban J connectivity index is 1.80. The van der Waals surface area contributed by atoms with Gasteiger partial charge < -0.3 is 5.32 Å². The van der Waals surface area contributed by atoms with Crippen molar-refractivity contribution < 1.29 is 4.79 Å². The van der Waals surface area contributed by atoms with E-state index in [2.05, 4.69) is 48.3 Å². The maximum absolute atomic E-state index is 11.9. The third-order valence-corrected chi connectivity index (χ3v) is 5.09. The van der Waals surface area contributed by atoms with Crippen molar-refractivity contribution in [3.8, 4) is 0 Å². The molecule has 0 bridgehead atoms. The maximum atomic E-state index is 11.9. The molecule has 1 aliphatic heterocycles. The van der Waals surface area contributed by atoms with Gasteiger partial charge in [0.25, 0.3) is 0 Å². The predicted molar refractivity (Wildman–Crippen MR) is 104 cm³/mol. The highest BCUT2D eigenvalue weighted by atomic mass is 32.2. The standard InChI is InChI=1S/C20H32N2OS/c1-16(2)13-17-6-8-18(9-7-17)14-22-11-4-5-19(15-22)21-20(23)10-12-24-3/h6-9,16,19H,4-5,10-15H2,1-3H3,(H,21,23). The molecule has 3 nitrogen and oxygen atoms in total. The molecule has 1 fully saturated rings. The number of hydrogen-bond acceptors (Lipinski definition) is 3. The minimum Gasteiger partial charge on any atom is -0.352 e. The van der Waals surface area contributed by atoms with Crippen molar-refractivity contribution >= 4 is 17.7 Å². The van der Waals surface area contributed by atoms with Gasteiger partial charge in [-0.25, -0.2) is 0 Å². The Kier molecular flexibility index (Phi) is 8.13. The third kappa shape index (κ3) is 6.86. The van der Waals surface area contributed by atoms with Crippen LogP contribution in [0.4, 0.5) is 0 Å². The van der Waals surface area contributed by atoms with Crippen LogP contribution in [0, 0.1) is 5.92 Å². The summed E-state index contributed by atoms with van der Waals surface area (Å²) in [5.74, 6) is 1.81. The first kappa shape index (κ1) is 19.3. The number of rotatable bonds is 8. The number of nitrogens with zero attached hydrogens (tertiary/aromatic N) is 1. The molecule has 1 saturated heterocycles. The van der Waals surface area contributed by atoms with Crippen molar-refractivity contribution in [2.24, 2.45) is 5.92 Å². The summed E-state index contributed by atoms with van der Waals surface area (Å²) in [6, 6.07) is 9.37. The lowest BCUT2D eigenvalue weighted by Crippen LogP contribution is -2.47. The molecule has 1 aromatic rings. The van der Waals surface area contributed by atoms with Crippen molar-refractivity contribution in [3.63, 3.8) is 0 Å². The lowest BCUT2D eigenvalue weighted by atomic mass is 10.0. The molecule has 0 aliphatic carbocycles. The van der Waals surface area contributed by atoms with Gasteiger partial charge in [-0.3, -0.25) is 9.69 Å². The summed E-state index contributed by atoms with van der Waals surface area (Å²) in [5.41, 5.74) is 2.79. The Bertz CT molecular complexity index is 501. The number of likely N-dealkylation sites (tertiary alicyclic amines) is 1. The SMILES string of the molecule is CSCCC(=O)NC1CCCN(Cc2ccc(CC(C)C)cc2)C1. The van der Waals surface area contributed by atoms with Gasteiger partial charge in [0.05, 0.1) is 0 Å².